The van der Waals surface area contributed by atoms with Gasteiger partial charge in [-0.25, -0.2) is 0 Å². The van der Waals surface area contributed by atoms with Crippen LogP contribution in [0.15, 0.2) is 0 Å². The molecule has 1 saturated heterocycles. The van der Waals surface area contributed by atoms with E-state index in [1.165, 1.54) is 25.7 Å². The van der Waals surface area contributed by atoms with Gasteiger partial charge >= 0.3 is 0 Å². The first-order valence-electron chi connectivity index (χ1n) is 7.01. The zero-order chi connectivity index (χ0) is 13.3. The Bertz CT molecular complexity index is 352. The molecule has 1 saturated carbocycles. The van der Waals surface area contributed by atoms with Crippen molar-refractivity contribution in [3.05, 3.63) is 0 Å². The molecule has 2 N–H and O–H groups in total. The fourth-order valence-corrected chi connectivity index (χ4v) is 3.13. The predicted octanol–water partition coefficient (Wildman–Crippen LogP) is 1.60. The average Bonchev–Trinajstić information content (AvgIpc) is 2.25. The Morgan fingerprint density at radius 2 is 2.00 bits per heavy atom. The lowest BCUT2D eigenvalue weighted by Crippen LogP contribution is -2.67. The fraction of sp³-hybridized carbons (Fsp3) is 0.857. The molecule has 1 aliphatic heterocycles. The van der Waals surface area contributed by atoms with Crippen molar-refractivity contribution in [2.45, 2.75) is 64.5 Å². The molecule has 3 atom stereocenters. The molecule has 2 aliphatic rings. The van der Waals surface area contributed by atoms with Gasteiger partial charge in [0.25, 0.3) is 0 Å². The van der Waals surface area contributed by atoms with Crippen molar-refractivity contribution in [3.63, 3.8) is 0 Å². The van der Waals surface area contributed by atoms with Crippen LogP contribution in [-0.2, 0) is 9.59 Å². The highest BCUT2D eigenvalue weighted by molar-refractivity contribution is 5.99. The lowest BCUT2D eigenvalue weighted by atomic mass is 9.79. The largest absolute Gasteiger partial charge is 0.342 e. The number of nitrogens with one attached hydrogen (secondary N) is 2. The molecule has 0 aromatic rings. The van der Waals surface area contributed by atoms with Gasteiger partial charge in [-0.1, -0.05) is 26.2 Å². The fourth-order valence-electron chi connectivity index (χ4n) is 3.13. The molecule has 1 aliphatic carbocycles. The van der Waals surface area contributed by atoms with E-state index in [1.54, 1.807) is 13.8 Å². The van der Waals surface area contributed by atoms with Gasteiger partial charge < -0.3 is 10.6 Å². The molecule has 2 rings (SSSR count). The van der Waals surface area contributed by atoms with Gasteiger partial charge in [0.1, 0.15) is 11.6 Å². The molecular formula is C14H24N2O2. The van der Waals surface area contributed by atoms with E-state index in [4.69, 9.17) is 0 Å². The van der Waals surface area contributed by atoms with Gasteiger partial charge in [0.2, 0.25) is 11.8 Å². The first-order valence-corrected chi connectivity index (χ1v) is 7.01. The van der Waals surface area contributed by atoms with Crippen molar-refractivity contribution >= 4 is 11.8 Å². The standard InChI is InChI=1S/C14H24N2O2/c1-9-5-4-6-10(7-9)8-11-12(17)16-14(2,3)13(18)15-11/h9-11H,4-8H2,1-3H3,(H,15,18)(H,16,17). The maximum absolute atomic E-state index is 12.0. The van der Waals surface area contributed by atoms with Gasteiger partial charge in [0.15, 0.2) is 0 Å². The number of hydrogen-bond acceptors (Lipinski definition) is 2. The van der Waals surface area contributed by atoms with Crippen molar-refractivity contribution in [1.82, 2.24) is 10.6 Å². The Hall–Kier alpha value is -1.06. The Balaban J connectivity index is 1.94. The maximum atomic E-state index is 12.0. The molecule has 0 aromatic heterocycles. The highest BCUT2D eigenvalue weighted by Crippen LogP contribution is 2.32. The predicted molar refractivity (Wildman–Crippen MR) is 69.9 cm³/mol. The zero-order valence-electron chi connectivity index (χ0n) is 11.6. The summed E-state index contributed by atoms with van der Waals surface area (Å²) in [5, 5.41) is 5.67. The third-order valence-electron chi connectivity index (χ3n) is 4.24. The van der Waals surface area contributed by atoms with Gasteiger partial charge in [-0.3, -0.25) is 9.59 Å². The second kappa shape index (κ2) is 4.90. The molecule has 0 spiro atoms. The highest BCUT2D eigenvalue weighted by Gasteiger charge is 2.40. The number of piperazine rings is 1. The highest BCUT2D eigenvalue weighted by atomic mass is 16.2. The average molecular weight is 252 g/mol. The summed E-state index contributed by atoms with van der Waals surface area (Å²) in [6.45, 7) is 5.74. The van der Waals surface area contributed by atoms with Crippen LogP contribution in [-0.4, -0.2) is 23.4 Å². The minimum absolute atomic E-state index is 0.0298. The molecule has 102 valence electrons. The van der Waals surface area contributed by atoms with Gasteiger partial charge in [0.05, 0.1) is 0 Å². The van der Waals surface area contributed by atoms with Crippen LogP contribution in [0.1, 0.15) is 52.9 Å². The molecule has 1 heterocycles. The quantitative estimate of drug-likeness (QED) is 0.784. The van der Waals surface area contributed by atoms with Gasteiger partial charge in [-0.2, -0.15) is 0 Å². The van der Waals surface area contributed by atoms with Crippen LogP contribution in [0.2, 0.25) is 0 Å². The molecule has 2 amide bonds. The van der Waals surface area contributed by atoms with Crippen LogP contribution in [0.5, 0.6) is 0 Å². The second-order valence-corrected chi connectivity index (χ2v) is 6.51. The second-order valence-electron chi connectivity index (χ2n) is 6.51. The number of carbonyl (C=O) groups is 2. The van der Waals surface area contributed by atoms with Crippen LogP contribution in [0.3, 0.4) is 0 Å². The normalized spacial score (nSPS) is 35.8. The summed E-state index contributed by atoms with van der Waals surface area (Å²) in [6.07, 6.45) is 5.71. The van der Waals surface area contributed by atoms with E-state index >= 15 is 0 Å². The van der Waals surface area contributed by atoms with Gasteiger partial charge in [-0.05, 0) is 38.5 Å². The molecule has 0 bridgehead atoms. The Morgan fingerprint density at radius 1 is 1.28 bits per heavy atom. The number of carbonyl (C=O) groups excluding carboxylic acids is 2. The van der Waals surface area contributed by atoms with Gasteiger partial charge in [0, 0.05) is 0 Å². The van der Waals surface area contributed by atoms with E-state index in [9.17, 15) is 9.59 Å². The number of hydrogen-bond donors (Lipinski definition) is 2. The molecule has 3 unspecified atom stereocenters. The lowest BCUT2D eigenvalue weighted by Gasteiger charge is -2.37. The van der Waals surface area contributed by atoms with Crippen LogP contribution in [0.25, 0.3) is 0 Å². The van der Waals surface area contributed by atoms with Crippen LogP contribution in [0, 0.1) is 11.8 Å². The first kappa shape index (κ1) is 13.4. The summed E-state index contributed by atoms with van der Waals surface area (Å²) in [6, 6.07) is -0.333. The van der Waals surface area contributed by atoms with Crippen molar-refractivity contribution in [1.29, 1.82) is 0 Å². The molecule has 18 heavy (non-hydrogen) atoms. The van der Waals surface area contributed by atoms with E-state index in [0.717, 1.165) is 12.3 Å². The zero-order valence-corrected chi connectivity index (χ0v) is 11.6. The van der Waals surface area contributed by atoms with Crippen molar-refractivity contribution in [2.24, 2.45) is 11.8 Å². The van der Waals surface area contributed by atoms with Crippen molar-refractivity contribution in [3.8, 4) is 0 Å². The van der Waals surface area contributed by atoms with E-state index in [2.05, 4.69) is 17.6 Å². The summed E-state index contributed by atoms with van der Waals surface area (Å²) in [4.78, 5) is 23.8. The summed E-state index contributed by atoms with van der Waals surface area (Å²) in [5.74, 6) is 1.22. The smallest absolute Gasteiger partial charge is 0.245 e. The van der Waals surface area contributed by atoms with Crippen molar-refractivity contribution in [2.75, 3.05) is 0 Å². The van der Waals surface area contributed by atoms with Crippen LogP contribution < -0.4 is 10.6 Å². The molecule has 0 aromatic carbocycles. The Kier molecular flexibility index (Phi) is 3.64. The molecule has 0 radical (unpaired) electrons. The number of rotatable bonds is 2. The Morgan fingerprint density at radius 3 is 2.67 bits per heavy atom. The lowest BCUT2D eigenvalue weighted by molar-refractivity contribution is -0.140. The summed E-state index contributed by atoms with van der Waals surface area (Å²) < 4.78 is 0. The van der Waals surface area contributed by atoms with E-state index in [1.807, 2.05) is 0 Å². The third kappa shape index (κ3) is 2.85. The summed E-state index contributed by atoms with van der Waals surface area (Å²) in [7, 11) is 0. The van der Waals surface area contributed by atoms with E-state index in [0.29, 0.717) is 5.92 Å². The monoisotopic (exact) mass is 252 g/mol. The van der Waals surface area contributed by atoms with Crippen LogP contribution >= 0.6 is 0 Å². The van der Waals surface area contributed by atoms with Crippen LogP contribution in [0.4, 0.5) is 0 Å². The number of amides is 2. The van der Waals surface area contributed by atoms with Crippen molar-refractivity contribution < 1.29 is 9.59 Å². The Labute approximate surface area is 109 Å². The molecule has 4 heteroatoms. The SMILES string of the molecule is CC1CCCC(CC2NC(=O)C(C)(C)NC2=O)C1. The summed E-state index contributed by atoms with van der Waals surface area (Å²) in [5.41, 5.74) is -0.770. The topological polar surface area (TPSA) is 58.2 Å². The van der Waals surface area contributed by atoms with Gasteiger partial charge in [-0.15, -0.1) is 0 Å². The summed E-state index contributed by atoms with van der Waals surface area (Å²) >= 11 is 0. The van der Waals surface area contributed by atoms with E-state index in [-0.39, 0.29) is 17.9 Å². The third-order valence-corrected chi connectivity index (χ3v) is 4.24. The molecular weight excluding hydrogens is 228 g/mol. The first-order chi connectivity index (χ1) is 8.38. The molecule has 2 fully saturated rings. The molecule has 4 nitrogen and oxygen atoms in total. The minimum atomic E-state index is -0.770. The van der Waals surface area contributed by atoms with E-state index < -0.39 is 5.54 Å². The maximum Gasteiger partial charge on any atom is 0.245 e. The minimum Gasteiger partial charge on any atom is -0.342 e.